The van der Waals surface area contributed by atoms with Crippen LogP contribution in [-0.4, -0.2) is 12.1 Å². The van der Waals surface area contributed by atoms with Crippen LogP contribution in [0.1, 0.15) is 48.9 Å². The van der Waals surface area contributed by atoms with E-state index in [0.717, 1.165) is 41.0 Å². The first-order valence-corrected chi connectivity index (χ1v) is 6.95. The van der Waals surface area contributed by atoms with Gasteiger partial charge in [0.1, 0.15) is 11.5 Å². The molecule has 1 heterocycles. The van der Waals surface area contributed by atoms with Crippen molar-refractivity contribution in [1.82, 2.24) is 0 Å². The molecule has 0 N–H and O–H groups in total. The third kappa shape index (κ3) is 2.46. The van der Waals surface area contributed by atoms with Gasteiger partial charge in [0.05, 0.1) is 6.10 Å². The van der Waals surface area contributed by atoms with Crippen molar-refractivity contribution in [2.24, 2.45) is 0 Å². The molecule has 3 heteroatoms. The largest absolute Gasteiger partial charge is 0.490 e. The van der Waals surface area contributed by atoms with Gasteiger partial charge in [-0.05, 0) is 57.2 Å². The maximum absolute atomic E-state index is 11.6. The standard InChI is InChI=1S/C16H22O3/c1-6-14(17)19-15-10(3)11(4)16-13(12(15)5)8-7-9(2)18-16/h9H,6-8H2,1-5H3/t9-/m1/s1. The zero-order valence-corrected chi connectivity index (χ0v) is 12.4. The minimum Gasteiger partial charge on any atom is -0.490 e. The maximum atomic E-state index is 11.6. The van der Waals surface area contributed by atoms with Gasteiger partial charge in [-0.1, -0.05) is 6.92 Å². The molecule has 1 aliphatic rings. The molecule has 0 spiro atoms. The van der Waals surface area contributed by atoms with Crippen molar-refractivity contribution in [3.05, 3.63) is 22.3 Å². The first kappa shape index (κ1) is 13.9. The predicted molar refractivity (Wildman–Crippen MR) is 75.0 cm³/mol. The Morgan fingerprint density at radius 2 is 1.95 bits per heavy atom. The topological polar surface area (TPSA) is 35.5 Å². The molecule has 0 radical (unpaired) electrons. The third-order valence-electron chi connectivity index (χ3n) is 3.94. The van der Waals surface area contributed by atoms with E-state index in [4.69, 9.17) is 9.47 Å². The second-order valence-electron chi connectivity index (χ2n) is 5.31. The summed E-state index contributed by atoms with van der Waals surface area (Å²) in [5.74, 6) is 1.53. The maximum Gasteiger partial charge on any atom is 0.310 e. The van der Waals surface area contributed by atoms with Gasteiger partial charge in [-0.3, -0.25) is 4.79 Å². The van der Waals surface area contributed by atoms with Crippen molar-refractivity contribution >= 4 is 5.97 Å². The lowest BCUT2D eigenvalue weighted by atomic mass is 9.92. The molecular formula is C16H22O3. The summed E-state index contributed by atoms with van der Waals surface area (Å²) in [5.41, 5.74) is 4.34. The Labute approximate surface area is 114 Å². The molecular weight excluding hydrogens is 240 g/mol. The fourth-order valence-electron chi connectivity index (χ4n) is 2.56. The van der Waals surface area contributed by atoms with E-state index in [2.05, 4.69) is 6.92 Å². The average Bonchev–Trinajstić information content (AvgIpc) is 2.40. The molecule has 19 heavy (non-hydrogen) atoms. The van der Waals surface area contributed by atoms with Crippen molar-refractivity contribution in [2.75, 3.05) is 0 Å². The molecule has 0 aromatic heterocycles. The van der Waals surface area contributed by atoms with Crippen LogP contribution in [-0.2, 0) is 11.2 Å². The van der Waals surface area contributed by atoms with E-state index in [1.807, 2.05) is 27.7 Å². The Morgan fingerprint density at radius 3 is 2.58 bits per heavy atom. The van der Waals surface area contributed by atoms with E-state index >= 15 is 0 Å². The highest BCUT2D eigenvalue weighted by Crippen LogP contribution is 2.41. The van der Waals surface area contributed by atoms with Crippen LogP contribution >= 0.6 is 0 Å². The van der Waals surface area contributed by atoms with Crippen molar-refractivity contribution in [3.63, 3.8) is 0 Å². The number of benzene rings is 1. The number of hydrogen-bond acceptors (Lipinski definition) is 3. The van der Waals surface area contributed by atoms with Crippen molar-refractivity contribution in [1.29, 1.82) is 0 Å². The first-order chi connectivity index (χ1) is 8.95. The molecule has 1 atom stereocenters. The summed E-state index contributed by atoms with van der Waals surface area (Å²) in [6.45, 7) is 9.95. The Balaban J connectivity index is 2.52. The summed E-state index contributed by atoms with van der Waals surface area (Å²) in [5, 5.41) is 0. The van der Waals surface area contributed by atoms with Crippen LogP contribution in [0.5, 0.6) is 11.5 Å². The molecule has 1 aliphatic heterocycles. The average molecular weight is 262 g/mol. The van der Waals surface area contributed by atoms with Gasteiger partial charge in [-0.2, -0.15) is 0 Å². The second kappa shape index (κ2) is 5.24. The van der Waals surface area contributed by atoms with Crippen molar-refractivity contribution < 1.29 is 14.3 Å². The van der Waals surface area contributed by atoms with Gasteiger partial charge in [0, 0.05) is 12.0 Å². The number of rotatable bonds is 2. The lowest BCUT2D eigenvalue weighted by molar-refractivity contribution is -0.134. The van der Waals surface area contributed by atoms with Crippen molar-refractivity contribution in [3.8, 4) is 11.5 Å². The van der Waals surface area contributed by atoms with E-state index < -0.39 is 0 Å². The predicted octanol–water partition coefficient (Wildman–Crippen LogP) is 3.64. The smallest absolute Gasteiger partial charge is 0.310 e. The molecule has 1 aromatic rings. The fraction of sp³-hybridized carbons (Fsp3) is 0.562. The Morgan fingerprint density at radius 1 is 1.26 bits per heavy atom. The van der Waals surface area contributed by atoms with Gasteiger partial charge < -0.3 is 9.47 Å². The summed E-state index contributed by atoms with van der Waals surface area (Å²) in [6, 6.07) is 0. The highest BCUT2D eigenvalue weighted by molar-refractivity contribution is 5.74. The van der Waals surface area contributed by atoms with E-state index in [0.29, 0.717) is 6.42 Å². The SMILES string of the molecule is CCC(=O)Oc1c(C)c(C)c2c(c1C)CC[C@@H](C)O2. The molecule has 0 bridgehead atoms. The lowest BCUT2D eigenvalue weighted by Gasteiger charge is -2.28. The molecule has 0 fully saturated rings. The van der Waals surface area contributed by atoms with Crippen molar-refractivity contribution in [2.45, 2.75) is 60.0 Å². The number of esters is 1. The highest BCUT2D eigenvalue weighted by atomic mass is 16.5. The monoisotopic (exact) mass is 262 g/mol. The van der Waals surface area contributed by atoms with Gasteiger partial charge in [0.25, 0.3) is 0 Å². The fourth-order valence-corrected chi connectivity index (χ4v) is 2.56. The van der Waals surface area contributed by atoms with Gasteiger partial charge in [-0.15, -0.1) is 0 Å². The van der Waals surface area contributed by atoms with E-state index in [-0.39, 0.29) is 12.1 Å². The second-order valence-corrected chi connectivity index (χ2v) is 5.31. The van der Waals surface area contributed by atoms with E-state index in [1.54, 1.807) is 0 Å². The molecule has 0 saturated carbocycles. The van der Waals surface area contributed by atoms with Crippen LogP contribution in [0.4, 0.5) is 0 Å². The number of carbonyl (C=O) groups excluding carboxylic acids is 1. The van der Waals surface area contributed by atoms with Gasteiger partial charge in [-0.25, -0.2) is 0 Å². The molecule has 104 valence electrons. The minimum absolute atomic E-state index is 0.185. The zero-order chi connectivity index (χ0) is 14.2. The lowest BCUT2D eigenvalue weighted by Crippen LogP contribution is -2.21. The Hall–Kier alpha value is -1.51. The Kier molecular flexibility index (Phi) is 3.83. The summed E-state index contributed by atoms with van der Waals surface area (Å²) in [7, 11) is 0. The Bertz CT molecular complexity index is 517. The third-order valence-corrected chi connectivity index (χ3v) is 3.94. The van der Waals surface area contributed by atoms with Crippen LogP contribution in [0.3, 0.4) is 0 Å². The number of ether oxygens (including phenoxy) is 2. The van der Waals surface area contributed by atoms with Crippen LogP contribution in [0.2, 0.25) is 0 Å². The molecule has 2 rings (SSSR count). The zero-order valence-electron chi connectivity index (χ0n) is 12.4. The molecule has 0 aliphatic carbocycles. The van der Waals surface area contributed by atoms with Gasteiger partial charge in [0.2, 0.25) is 0 Å². The molecule has 0 unspecified atom stereocenters. The molecule has 3 nitrogen and oxygen atoms in total. The molecule has 1 aromatic carbocycles. The summed E-state index contributed by atoms with van der Waals surface area (Å²) in [4.78, 5) is 11.6. The quantitative estimate of drug-likeness (QED) is 0.603. The van der Waals surface area contributed by atoms with Crippen LogP contribution in [0, 0.1) is 20.8 Å². The van der Waals surface area contributed by atoms with Crippen LogP contribution < -0.4 is 9.47 Å². The van der Waals surface area contributed by atoms with Crippen LogP contribution in [0.25, 0.3) is 0 Å². The van der Waals surface area contributed by atoms with Gasteiger partial charge >= 0.3 is 5.97 Å². The number of carbonyl (C=O) groups is 1. The molecule has 0 saturated heterocycles. The van der Waals surface area contributed by atoms with Crippen LogP contribution in [0.15, 0.2) is 0 Å². The normalized spacial score (nSPS) is 17.6. The summed E-state index contributed by atoms with van der Waals surface area (Å²) >= 11 is 0. The summed E-state index contributed by atoms with van der Waals surface area (Å²) in [6.07, 6.45) is 2.65. The number of hydrogen-bond donors (Lipinski definition) is 0. The minimum atomic E-state index is -0.185. The van der Waals surface area contributed by atoms with Gasteiger partial charge in [0.15, 0.2) is 0 Å². The number of fused-ring (bicyclic) bond motifs is 1. The van der Waals surface area contributed by atoms with E-state index in [1.165, 1.54) is 5.56 Å². The molecule has 0 amide bonds. The highest BCUT2D eigenvalue weighted by Gasteiger charge is 2.25. The summed E-state index contributed by atoms with van der Waals surface area (Å²) < 4.78 is 11.5. The van der Waals surface area contributed by atoms with E-state index in [9.17, 15) is 4.79 Å². The first-order valence-electron chi connectivity index (χ1n) is 6.95.